The fourth-order valence-electron chi connectivity index (χ4n) is 1.02. The maximum absolute atomic E-state index is 5.15. The van der Waals surface area contributed by atoms with Crippen LogP contribution in [0.1, 0.15) is 5.56 Å². The van der Waals surface area contributed by atoms with Crippen LogP contribution < -0.4 is 0 Å². The highest BCUT2D eigenvalue weighted by Gasteiger charge is 2.05. The molecule has 0 atom stereocenters. The fraction of sp³-hybridized carbons (Fsp3) is 0.273. The first kappa shape index (κ1) is 11.0. The highest BCUT2D eigenvalue weighted by molar-refractivity contribution is 6.45. The zero-order chi connectivity index (χ0) is 10.2. The molecule has 0 radical (unpaired) electrons. The highest BCUT2D eigenvalue weighted by atomic mass is 28.3. The lowest BCUT2D eigenvalue weighted by atomic mass is 10.2. The first-order valence-corrected chi connectivity index (χ1v) is 6.22. The predicted octanol–water partition coefficient (Wildman–Crippen LogP) is 1.55. The monoisotopic (exact) mass is 206 g/mol. The van der Waals surface area contributed by atoms with Gasteiger partial charge in [-0.3, -0.25) is 0 Å². The van der Waals surface area contributed by atoms with Gasteiger partial charge in [-0.25, -0.2) is 0 Å². The second kappa shape index (κ2) is 6.38. The number of hydrogen-bond acceptors (Lipinski definition) is 2. The minimum Gasteiger partial charge on any atom is -0.399 e. The fourth-order valence-corrected chi connectivity index (χ4v) is 1.82. The molecule has 0 bridgehead atoms. The second-order valence-corrected chi connectivity index (χ2v) is 4.98. The largest absolute Gasteiger partial charge is 0.399 e. The molecule has 0 heterocycles. The van der Waals surface area contributed by atoms with Crippen molar-refractivity contribution in [3.63, 3.8) is 0 Å². The lowest BCUT2D eigenvalue weighted by Gasteiger charge is -2.05. The summed E-state index contributed by atoms with van der Waals surface area (Å²) in [6, 6.07) is 10.6. The summed E-state index contributed by atoms with van der Waals surface area (Å²) < 4.78 is 10.3. The Morgan fingerprint density at radius 1 is 1.14 bits per heavy atom. The topological polar surface area (TPSA) is 18.5 Å². The van der Waals surface area contributed by atoms with Gasteiger partial charge in [-0.2, -0.15) is 0 Å². The standard InChI is InChI=1S/C11H14O2Si/c1-12-14(13-2)10-6-9-11-7-4-3-5-8-11/h3-5,7-8,14H,10H2,1-2H3. The van der Waals surface area contributed by atoms with Crippen LogP contribution in [0.25, 0.3) is 0 Å². The lowest BCUT2D eigenvalue weighted by Crippen LogP contribution is -2.17. The zero-order valence-corrected chi connectivity index (χ0v) is 9.64. The zero-order valence-electron chi connectivity index (χ0n) is 8.49. The summed E-state index contributed by atoms with van der Waals surface area (Å²) in [5.41, 5.74) is 1.03. The number of hydrogen-bond donors (Lipinski definition) is 0. The third kappa shape index (κ3) is 3.75. The minimum atomic E-state index is -1.51. The number of rotatable bonds is 3. The van der Waals surface area contributed by atoms with Gasteiger partial charge in [0.2, 0.25) is 0 Å². The van der Waals surface area contributed by atoms with Gasteiger partial charge in [0.25, 0.3) is 0 Å². The van der Waals surface area contributed by atoms with Crippen LogP contribution in [0, 0.1) is 11.8 Å². The van der Waals surface area contributed by atoms with Crippen molar-refractivity contribution in [1.29, 1.82) is 0 Å². The second-order valence-electron chi connectivity index (χ2n) is 2.77. The van der Waals surface area contributed by atoms with E-state index < -0.39 is 9.28 Å². The Morgan fingerprint density at radius 3 is 2.36 bits per heavy atom. The van der Waals surface area contributed by atoms with Gasteiger partial charge in [0.15, 0.2) is 0 Å². The third-order valence-corrected chi connectivity index (χ3v) is 3.39. The quantitative estimate of drug-likeness (QED) is 0.552. The molecule has 0 aromatic heterocycles. The summed E-state index contributed by atoms with van der Waals surface area (Å²) in [4.78, 5) is 0. The Kier molecular flexibility index (Phi) is 5.01. The van der Waals surface area contributed by atoms with Crippen LogP contribution in [0.5, 0.6) is 0 Å². The smallest absolute Gasteiger partial charge is 0.333 e. The minimum absolute atomic E-state index is 0.724. The highest BCUT2D eigenvalue weighted by Crippen LogP contribution is 1.97. The van der Waals surface area contributed by atoms with Crippen molar-refractivity contribution < 1.29 is 8.85 Å². The van der Waals surface area contributed by atoms with Crippen molar-refractivity contribution in [2.24, 2.45) is 0 Å². The van der Waals surface area contributed by atoms with E-state index in [4.69, 9.17) is 8.85 Å². The van der Waals surface area contributed by atoms with Crippen molar-refractivity contribution in [2.75, 3.05) is 14.2 Å². The summed E-state index contributed by atoms with van der Waals surface area (Å²) in [6.45, 7) is 0. The summed E-state index contributed by atoms with van der Waals surface area (Å²) in [6.07, 6.45) is 0. The van der Waals surface area contributed by atoms with Crippen LogP contribution in [-0.4, -0.2) is 23.5 Å². The molecular weight excluding hydrogens is 192 g/mol. The molecule has 0 aliphatic carbocycles. The summed E-state index contributed by atoms with van der Waals surface area (Å²) >= 11 is 0. The van der Waals surface area contributed by atoms with Crippen LogP contribution in [0.2, 0.25) is 6.04 Å². The first-order valence-electron chi connectivity index (χ1n) is 4.46. The summed E-state index contributed by atoms with van der Waals surface area (Å²) in [5.74, 6) is 6.13. The van der Waals surface area contributed by atoms with E-state index in [1.807, 2.05) is 30.3 Å². The van der Waals surface area contributed by atoms with E-state index in [1.54, 1.807) is 14.2 Å². The van der Waals surface area contributed by atoms with Crippen molar-refractivity contribution in [3.05, 3.63) is 35.9 Å². The molecule has 0 fully saturated rings. The molecule has 3 heteroatoms. The molecule has 0 saturated carbocycles. The van der Waals surface area contributed by atoms with Crippen LogP contribution in [0.3, 0.4) is 0 Å². The molecule has 14 heavy (non-hydrogen) atoms. The molecule has 74 valence electrons. The van der Waals surface area contributed by atoms with Crippen molar-refractivity contribution in [2.45, 2.75) is 6.04 Å². The first-order chi connectivity index (χ1) is 6.86. The molecule has 0 aliphatic heterocycles. The van der Waals surface area contributed by atoms with Crippen LogP contribution in [-0.2, 0) is 8.85 Å². The van der Waals surface area contributed by atoms with Crippen molar-refractivity contribution in [3.8, 4) is 11.8 Å². The van der Waals surface area contributed by atoms with Gasteiger partial charge in [-0.1, -0.05) is 30.0 Å². The van der Waals surface area contributed by atoms with Crippen molar-refractivity contribution >= 4 is 9.28 Å². The SMILES string of the molecule is CO[SiH](CC#Cc1ccccc1)OC. The molecule has 0 spiro atoms. The lowest BCUT2D eigenvalue weighted by molar-refractivity contribution is 0.281. The molecule has 0 unspecified atom stereocenters. The predicted molar refractivity (Wildman–Crippen MR) is 59.3 cm³/mol. The Bertz CT molecular complexity index is 309. The normalized spacial score (nSPS) is 9.64. The van der Waals surface area contributed by atoms with Gasteiger partial charge in [0, 0.05) is 19.8 Å². The van der Waals surface area contributed by atoms with Gasteiger partial charge in [-0.15, -0.1) is 0 Å². The van der Waals surface area contributed by atoms with E-state index in [0.29, 0.717) is 0 Å². The van der Waals surface area contributed by atoms with Crippen LogP contribution in [0.4, 0.5) is 0 Å². The Hall–Kier alpha value is -1.08. The average molecular weight is 206 g/mol. The average Bonchev–Trinajstić information content (AvgIpc) is 2.26. The molecule has 0 N–H and O–H groups in total. The van der Waals surface area contributed by atoms with Gasteiger partial charge in [-0.05, 0) is 12.1 Å². The third-order valence-electron chi connectivity index (χ3n) is 1.80. The summed E-state index contributed by atoms with van der Waals surface area (Å²) in [5, 5.41) is 0. The Morgan fingerprint density at radius 2 is 1.79 bits per heavy atom. The number of benzene rings is 1. The molecule has 1 aromatic carbocycles. The van der Waals surface area contributed by atoms with Crippen LogP contribution >= 0.6 is 0 Å². The van der Waals surface area contributed by atoms with E-state index >= 15 is 0 Å². The molecule has 1 aromatic rings. The van der Waals surface area contributed by atoms with Crippen molar-refractivity contribution in [1.82, 2.24) is 0 Å². The molecule has 2 nitrogen and oxygen atoms in total. The molecule has 1 rings (SSSR count). The van der Waals surface area contributed by atoms with E-state index in [2.05, 4.69) is 11.8 Å². The van der Waals surface area contributed by atoms with E-state index in [-0.39, 0.29) is 0 Å². The Balaban J connectivity index is 2.48. The maximum atomic E-state index is 5.15. The van der Waals surface area contributed by atoms with E-state index in [9.17, 15) is 0 Å². The molecule has 0 amide bonds. The van der Waals surface area contributed by atoms with Gasteiger partial charge in [0.05, 0.1) is 6.04 Å². The summed E-state index contributed by atoms with van der Waals surface area (Å²) in [7, 11) is 1.84. The molecular formula is C11H14O2Si. The van der Waals surface area contributed by atoms with Gasteiger partial charge in [0.1, 0.15) is 0 Å². The van der Waals surface area contributed by atoms with Crippen LogP contribution in [0.15, 0.2) is 30.3 Å². The maximum Gasteiger partial charge on any atom is 0.333 e. The molecule has 0 saturated heterocycles. The van der Waals surface area contributed by atoms with Gasteiger partial charge < -0.3 is 8.85 Å². The van der Waals surface area contributed by atoms with Gasteiger partial charge >= 0.3 is 9.28 Å². The van der Waals surface area contributed by atoms with E-state index in [0.717, 1.165) is 11.6 Å². The van der Waals surface area contributed by atoms with E-state index in [1.165, 1.54) is 0 Å². The Labute approximate surface area is 86.7 Å². The molecule has 0 aliphatic rings.